The molecule has 3 amide bonds. The Kier molecular flexibility index (Phi) is 7.43. The summed E-state index contributed by atoms with van der Waals surface area (Å²) in [5.74, 6) is -1.81. The van der Waals surface area contributed by atoms with Crippen molar-refractivity contribution in [2.75, 3.05) is 20.6 Å². The monoisotopic (exact) mass is 271 g/mol. The number of aliphatic carboxylic acids is 1. The molecule has 19 heavy (non-hydrogen) atoms. The normalized spacial score (nSPS) is 12.7. The molecule has 0 saturated heterocycles. The van der Waals surface area contributed by atoms with Crippen molar-refractivity contribution >= 4 is 17.9 Å². The van der Waals surface area contributed by atoms with E-state index in [1.807, 2.05) is 38.2 Å². The minimum absolute atomic E-state index is 0.105. The fourth-order valence-corrected chi connectivity index (χ4v) is 1.32. The summed E-state index contributed by atoms with van der Waals surface area (Å²) in [5, 5.41) is 13.0. The van der Waals surface area contributed by atoms with E-state index in [4.69, 9.17) is 5.11 Å². The maximum atomic E-state index is 11.6. The molecule has 0 aliphatic heterocycles. The molecule has 0 rings (SSSR count). The lowest BCUT2D eigenvalue weighted by Crippen LogP contribution is -2.49. The van der Waals surface area contributed by atoms with Gasteiger partial charge in [0.15, 0.2) is 0 Å². The van der Waals surface area contributed by atoms with Gasteiger partial charge in [0.2, 0.25) is 0 Å². The SMILES string of the molecule is CC(C)C(CN(C)C)NC(=O)NC(=O)/C=C/C(=O)O. The van der Waals surface area contributed by atoms with E-state index in [2.05, 4.69) is 5.32 Å². The number of nitrogens with zero attached hydrogens (tertiary/aromatic N) is 1. The van der Waals surface area contributed by atoms with Crippen molar-refractivity contribution in [1.29, 1.82) is 0 Å². The van der Waals surface area contributed by atoms with E-state index in [1.54, 1.807) is 0 Å². The second-order valence-electron chi connectivity index (χ2n) is 4.75. The Morgan fingerprint density at radius 2 is 1.79 bits per heavy atom. The second-order valence-corrected chi connectivity index (χ2v) is 4.75. The van der Waals surface area contributed by atoms with Gasteiger partial charge in [-0.05, 0) is 20.0 Å². The number of hydrogen-bond donors (Lipinski definition) is 3. The molecule has 0 saturated carbocycles. The largest absolute Gasteiger partial charge is 0.478 e. The molecule has 0 aliphatic carbocycles. The highest BCUT2D eigenvalue weighted by molar-refractivity contribution is 6.02. The first-order chi connectivity index (χ1) is 8.72. The van der Waals surface area contributed by atoms with Crippen LogP contribution in [0.3, 0.4) is 0 Å². The van der Waals surface area contributed by atoms with Gasteiger partial charge >= 0.3 is 12.0 Å². The number of carboxylic acids is 1. The minimum atomic E-state index is -1.25. The van der Waals surface area contributed by atoms with Gasteiger partial charge in [-0.25, -0.2) is 9.59 Å². The van der Waals surface area contributed by atoms with Crippen molar-refractivity contribution in [1.82, 2.24) is 15.5 Å². The highest BCUT2D eigenvalue weighted by Crippen LogP contribution is 2.02. The van der Waals surface area contributed by atoms with Gasteiger partial charge in [-0.15, -0.1) is 0 Å². The van der Waals surface area contributed by atoms with Crippen LogP contribution >= 0.6 is 0 Å². The van der Waals surface area contributed by atoms with E-state index < -0.39 is 17.9 Å². The van der Waals surface area contributed by atoms with Gasteiger partial charge in [-0.1, -0.05) is 13.8 Å². The Bertz CT molecular complexity index is 364. The molecule has 1 unspecified atom stereocenters. The van der Waals surface area contributed by atoms with Crippen molar-refractivity contribution in [2.24, 2.45) is 5.92 Å². The molecule has 0 radical (unpaired) electrons. The molecule has 0 aromatic heterocycles. The Balaban J connectivity index is 4.34. The molecule has 0 heterocycles. The number of nitrogens with one attached hydrogen (secondary N) is 2. The maximum Gasteiger partial charge on any atom is 0.328 e. The molecule has 0 aromatic carbocycles. The first kappa shape index (κ1) is 17.1. The average molecular weight is 271 g/mol. The quantitative estimate of drug-likeness (QED) is 0.592. The zero-order valence-corrected chi connectivity index (χ0v) is 11.6. The van der Waals surface area contributed by atoms with Crippen LogP contribution in [0.4, 0.5) is 4.79 Å². The van der Waals surface area contributed by atoms with Gasteiger partial charge in [-0.2, -0.15) is 0 Å². The van der Waals surface area contributed by atoms with Crippen LogP contribution in [0.1, 0.15) is 13.8 Å². The predicted molar refractivity (Wildman–Crippen MR) is 70.6 cm³/mol. The highest BCUT2D eigenvalue weighted by atomic mass is 16.4. The first-order valence-corrected chi connectivity index (χ1v) is 5.89. The molecular weight excluding hydrogens is 250 g/mol. The van der Waals surface area contributed by atoms with Crippen LogP contribution in [0.2, 0.25) is 0 Å². The number of imide groups is 1. The Morgan fingerprint density at radius 3 is 2.21 bits per heavy atom. The number of carbonyl (C=O) groups is 3. The third kappa shape index (κ3) is 8.78. The smallest absolute Gasteiger partial charge is 0.328 e. The van der Waals surface area contributed by atoms with Crippen LogP contribution in [-0.4, -0.2) is 54.6 Å². The van der Waals surface area contributed by atoms with Crippen molar-refractivity contribution in [3.63, 3.8) is 0 Å². The van der Waals surface area contributed by atoms with Crippen LogP contribution in [0.5, 0.6) is 0 Å². The molecule has 0 bridgehead atoms. The van der Waals surface area contributed by atoms with E-state index in [0.717, 1.165) is 6.08 Å². The van der Waals surface area contributed by atoms with E-state index in [-0.39, 0.29) is 12.0 Å². The van der Waals surface area contributed by atoms with Crippen LogP contribution in [-0.2, 0) is 9.59 Å². The Morgan fingerprint density at radius 1 is 1.21 bits per heavy atom. The molecule has 0 aliphatic rings. The summed E-state index contributed by atoms with van der Waals surface area (Å²) in [6.07, 6.45) is 1.46. The lowest BCUT2D eigenvalue weighted by atomic mass is 10.0. The van der Waals surface area contributed by atoms with E-state index >= 15 is 0 Å². The van der Waals surface area contributed by atoms with Crippen LogP contribution in [0, 0.1) is 5.92 Å². The number of carbonyl (C=O) groups excluding carboxylic acids is 2. The lowest BCUT2D eigenvalue weighted by molar-refractivity contribution is -0.131. The zero-order valence-electron chi connectivity index (χ0n) is 11.6. The van der Waals surface area contributed by atoms with Crippen LogP contribution in [0.25, 0.3) is 0 Å². The zero-order chi connectivity index (χ0) is 15.0. The van der Waals surface area contributed by atoms with Gasteiger partial charge in [0.05, 0.1) is 0 Å². The summed E-state index contributed by atoms with van der Waals surface area (Å²) >= 11 is 0. The van der Waals surface area contributed by atoms with Crippen LogP contribution < -0.4 is 10.6 Å². The molecule has 0 spiro atoms. The standard InChI is InChI=1S/C12H21N3O4/c1-8(2)9(7-15(3)4)13-12(19)14-10(16)5-6-11(17)18/h5-6,8-9H,7H2,1-4H3,(H,17,18)(H2,13,14,16,19)/b6-5+. The minimum Gasteiger partial charge on any atom is -0.478 e. The average Bonchev–Trinajstić information content (AvgIpc) is 2.24. The first-order valence-electron chi connectivity index (χ1n) is 5.89. The molecule has 1 atom stereocenters. The Labute approximate surface area is 112 Å². The fourth-order valence-electron chi connectivity index (χ4n) is 1.32. The Hall–Kier alpha value is -1.89. The fraction of sp³-hybridized carbons (Fsp3) is 0.583. The number of urea groups is 1. The highest BCUT2D eigenvalue weighted by Gasteiger charge is 2.17. The molecular formula is C12H21N3O4. The summed E-state index contributed by atoms with van der Waals surface area (Å²) < 4.78 is 0. The number of amides is 3. The lowest BCUT2D eigenvalue weighted by Gasteiger charge is -2.25. The summed E-state index contributed by atoms with van der Waals surface area (Å²) in [6, 6.07) is -0.744. The number of likely N-dealkylation sites (N-methyl/N-ethyl adjacent to an activating group) is 1. The van der Waals surface area contributed by atoms with Crippen LogP contribution in [0.15, 0.2) is 12.2 Å². The van der Waals surface area contributed by atoms with Gasteiger partial charge in [0.1, 0.15) is 0 Å². The van der Waals surface area contributed by atoms with Crippen molar-refractivity contribution in [2.45, 2.75) is 19.9 Å². The molecule has 7 nitrogen and oxygen atoms in total. The maximum absolute atomic E-state index is 11.6. The van der Waals surface area contributed by atoms with Gasteiger partial charge in [0, 0.05) is 24.7 Å². The van der Waals surface area contributed by atoms with Gasteiger partial charge in [-0.3, -0.25) is 10.1 Å². The third-order valence-electron chi connectivity index (χ3n) is 2.30. The summed E-state index contributed by atoms with van der Waals surface area (Å²) in [5.41, 5.74) is 0. The molecule has 0 fully saturated rings. The topological polar surface area (TPSA) is 98.7 Å². The number of carboxylic acid groups (broad SMARTS) is 1. The van der Waals surface area contributed by atoms with Gasteiger partial charge < -0.3 is 15.3 Å². The van der Waals surface area contributed by atoms with E-state index in [0.29, 0.717) is 12.6 Å². The molecule has 3 N–H and O–H groups in total. The van der Waals surface area contributed by atoms with E-state index in [9.17, 15) is 14.4 Å². The van der Waals surface area contributed by atoms with Crippen molar-refractivity contribution in [3.8, 4) is 0 Å². The molecule has 7 heteroatoms. The summed E-state index contributed by atoms with van der Waals surface area (Å²) in [4.78, 5) is 34.9. The van der Waals surface area contributed by atoms with Crippen molar-refractivity contribution in [3.05, 3.63) is 12.2 Å². The van der Waals surface area contributed by atoms with Gasteiger partial charge in [0.25, 0.3) is 5.91 Å². The summed E-state index contributed by atoms with van der Waals surface area (Å²) in [7, 11) is 3.77. The molecule has 0 aromatic rings. The second kappa shape index (κ2) is 8.25. The predicted octanol–water partition coefficient (Wildman–Crippen LogP) is 0.0392. The number of hydrogen-bond acceptors (Lipinski definition) is 4. The summed E-state index contributed by atoms with van der Waals surface area (Å²) in [6.45, 7) is 4.56. The third-order valence-corrected chi connectivity index (χ3v) is 2.30. The molecule has 108 valence electrons. The number of rotatable bonds is 6. The van der Waals surface area contributed by atoms with Crippen molar-refractivity contribution < 1.29 is 19.5 Å². The van der Waals surface area contributed by atoms with E-state index in [1.165, 1.54) is 0 Å².